The van der Waals surface area contributed by atoms with Gasteiger partial charge in [-0.1, -0.05) is 0 Å². The molecule has 2 rings (SSSR count). The molecule has 1 unspecified atom stereocenters. The summed E-state index contributed by atoms with van der Waals surface area (Å²) in [5.41, 5.74) is -7.71. The number of carbonyl (C=O) groups is 1. The van der Waals surface area contributed by atoms with Crippen molar-refractivity contribution in [2.24, 2.45) is 0 Å². The predicted octanol–water partition coefficient (Wildman–Crippen LogP) is 2.30. The van der Waals surface area contributed by atoms with E-state index in [9.17, 15) is 41.0 Å². The van der Waals surface area contributed by atoms with Gasteiger partial charge in [-0.05, 0) is 31.2 Å². The maximum Gasteiger partial charge on any atom is 0.573 e. The normalized spacial score (nSPS) is 14.5. The highest BCUT2D eigenvalue weighted by molar-refractivity contribution is 5.82. The van der Waals surface area contributed by atoms with Gasteiger partial charge in [0.1, 0.15) is 5.75 Å². The minimum Gasteiger partial charge on any atom is -0.466 e. The van der Waals surface area contributed by atoms with Gasteiger partial charge in [-0.3, -0.25) is 9.89 Å². The zero-order valence-electron chi connectivity index (χ0n) is 14.1. The maximum absolute atomic E-state index is 13.4. The molecule has 0 spiro atoms. The SMILES string of the molecule is COC(=O)C(O)(c1c(C)[nH]n(-c2ccc(OC(F)(F)F)cc2)c1=O)C(F)(F)F. The third kappa shape index (κ3) is 3.69. The highest BCUT2D eigenvalue weighted by Gasteiger charge is 2.64. The lowest BCUT2D eigenvalue weighted by molar-refractivity contribution is -0.274. The van der Waals surface area contributed by atoms with Gasteiger partial charge in [0, 0.05) is 5.69 Å². The molecule has 0 bridgehead atoms. The van der Waals surface area contributed by atoms with Crippen molar-refractivity contribution in [1.82, 2.24) is 9.78 Å². The Balaban J connectivity index is 2.58. The number of benzene rings is 1. The Bertz CT molecular complexity index is 928. The first-order valence-corrected chi connectivity index (χ1v) is 7.28. The van der Waals surface area contributed by atoms with Crippen LogP contribution in [0.15, 0.2) is 29.1 Å². The van der Waals surface area contributed by atoms with Gasteiger partial charge in [-0.15, -0.1) is 13.2 Å². The molecule has 0 fully saturated rings. The molecule has 154 valence electrons. The van der Waals surface area contributed by atoms with Crippen molar-refractivity contribution in [1.29, 1.82) is 0 Å². The number of aromatic nitrogens is 2. The number of nitrogens with one attached hydrogen (secondary N) is 1. The van der Waals surface area contributed by atoms with Crippen LogP contribution in [0.5, 0.6) is 5.75 Å². The number of aromatic amines is 1. The maximum atomic E-state index is 13.4. The second-order valence-corrected chi connectivity index (χ2v) is 5.49. The van der Waals surface area contributed by atoms with Crippen molar-refractivity contribution in [2.75, 3.05) is 7.11 Å². The van der Waals surface area contributed by atoms with Crippen LogP contribution in [0.1, 0.15) is 11.3 Å². The number of nitrogens with zero attached hydrogens (tertiary/aromatic N) is 1. The Kier molecular flexibility index (Phi) is 5.25. The molecule has 1 atom stereocenters. The van der Waals surface area contributed by atoms with E-state index in [1.807, 2.05) is 0 Å². The number of ether oxygens (including phenoxy) is 2. The van der Waals surface area contributed by atoms with Crippen molar-refractivity contribution < 1.29 is 45.7 Å². The number of aryl methyl sites for hydroxylation is 1. The molecule has 0 radical (unpaired) electrons. The molecule has 0 aliphatic carbocycles. The molecule has 0 aliphatic heterocycles. The Morgan fingerprint density at radius 3 is 2.07 bits per heavy atom. The number of esters is 1. The lowest BCUT2D eigenvalue weighted by Gasteiger charge is -2.26. The summed E-state index contributed by atoms with van der Waals surface area (Å²) in [6.07, 6.45) is -10.5. The summed E-state index contributed by atoms with van der Waals surface area (Å²) in [7, 11) is 0.596. The topological polar surface area (TPSA) is 93.6 Å². The number of methoxy groups -OCH3 is 1. The Hall–Kier alpha value is -2.96. The quantitative estimate of drug-likeness (QED) is 0.592. The number of rotatable bonds is 4. The number of aliphatic hydroxyl groups is 1. The molecule has 0 saturated carbocycles. The van der Waals surface area contributed by atoms with E-state index in [0.717, 1.165) is 31.2 Å². The summed E-state index contributed by atoms with van der Waals surface area (Å²) in [5, 5.41) is 12.2. The van der Waals surface area contributed by atoms with Gasteiger partial charge >= 0.3 is 18.5 Å². The van der Waals surface area contributed by atoms with E-state index in [4.69, 9.17) is 0 Å². The number of alkyl halides is 6. The molecule has 0 amide bonds. The zero-order valence-corrected chi connectivity index (χ0v) is 14.1. The van der Waals surface area contributed by atoms with Gasteiger partial charge in [0.05, 0.1) is 18.4 Å². The van der Waals surface area contributed by atoms with E-state index in [0.29, 0.717) is 11.8 Å². The highest BCUT2D eigenvalue weighted by Crippen LogP contribution is 2.39. The molecule has 1 heterocycles. The molecule has 0 aliphatic rings. The molecular formula is C15H12F6N2O5. The van der Waals surface area contributed by atoms with Crippen molar-refractivity contribution in [3.8, 4) is 11.4 Å². The fourth-order valence-corrected chi connectivity index (χ4v) is 2.46. The minimum absolute atomic E-state index is 0.178. The summed E-state index contributed by atoms with van der Waals surface area (Å²) in [4.78, 5) is 24.1. The molecule has 28 heavy (non-hydrogen) atoms. The lowest BCUT2D eigenvalue weighted by Crippen LogP contribution is -2.52. The first-order valence-electron chi connectivity index (χ1n) is 7.28. The van der Waals surface area contributed by atoms with Gasteiger partial charge < -0.3 is 14.6 Å². The van der Waals surface area contributed by atoms with E-state index in [-0.39, 0.29) is 5.69 Å². The molecule has 2 N–H and O–H groups in total. The first-order chi connectivity index (χ1) is 12.7. The van der Waals surface area contributed by atoms with Crippen LogP contribution in [-0.4, -0.2) is 40.5 Å². The average molecular weight is 414 g/mol. The van der Waals surface area contributed by atoms with Crippen LogP contribution in [-0.2, 0) is 15.1 Å². The van der Waals surface area contributed by atoms with E-state index in [2.05, 4.69) is 14.6 Å². The summed E-state index contributed by atoms with van der Waals surface area (Å²) in [5.74, 6) is -2.76. The minimum atomic E-state index is -5.59. The van der Waals surface area contributed by atoms with Crippen LogP contribution in [0.3, 0.4) is 0 Å². The van der Waals surface area contributed by atoms with Gasteiger partial charge in [-0.2, -0.15) is 13.2 Å². The number of carbonyl (C=O) groups excluding carboxylic acids is 1. The third-order valence-electron chi connectivity index (χ3n) is 3.65. The summed E-state index contributed by atoms with van der Waals surface area (Å²) in [6, 6.07) is 3.54. The fraction of sp³-hybridized carbons (Fsp3) is 0.333. The number of halogens is 6. The summed E-state index contributed by atoms with van der Waals surface area (Å²) in [6.45, 7) is 0.994. The standard InChI is InChI=1S/C15H12F6N2O5/c1-7-10(13(26,12(25)27-2)14(16,17)18)11(24)23(22-7)8-3-5-9(6-4-8)28-15(19,20)21/h3-6,22,26H,1-2H3. The van der Waals surface area contributed by atoms with E-state index in [1.54, 1.807) is 0 Å². The van der Waals surface area contributed by atoms with Crippen LogP contribution < -0.4 is 10.3 Å². The number of hydrogen-bond donors (Lipinski definition) is 2. The van der Waals surface area contributed by atoms with E-state index >= 15 is 0 Å². The van der Waals surface area contributed by atoms with Gasteiger partial charge in [-0.25, -0.2) is 9.48 Å². The van der Waals surface area contributed by atoms with Crippen LogP contribution in [0.4, 0.5) is 26.3 Å². The first kappa shape index (κ1) is 21.3. The fourth-order valence-electron chi connectivity index (χ4n) is 2.46. The summed E-state index contributed by atoms with van der Waals surface area (Å²) < 4.78 is 84.8. The van der Waals surface area contributed by atoms with Gasteiger partial charge in [0.25, 0.3) is 11.2 Å². The lowest BCUT2D eigenvalue weighted by atomic mass is 9.93. The third-order valence-corrected chi connectivity index (χ3v) is 3.65. The smallest absolute Gasteiger partial charge is 0.466 e. The Labute approximate surface area is 152 Å². The predicted molar refractivity (Wildman–Crippen MR) is 79.8 cm³/mol. The van der Waals surface area contributed by atoms with E-state index in [1.165, 1.54) is 0 Å². The van der Waals surface area contributed by atoms with Gasteiger partial charge in [0.15, 0.2) is 0 Å². The highest BCUT2D eigenvalue weighted by atomic mass is 19.4. The molecule has 2 aromatic rings. The zero-order chi connectivity index (χ0) is 21.5. The van der Waals surface area contributed by atoms with Gasteiger partial charge in [0.2, 0.25) is 0 Å². The Morgan fingerprint density at radius 1 is 1.11 bits per heavy atom. The molecule has 7 nitrogen and oxygen atoms in total. The van der Waals surface area contributed by atoms with Crippen molar-refractivity contribution in [2.45, 2.75) is 25.1 Å². The van der Waals surface area contributed by atoms with Crippen molar-refractivity contribution in [3.05, 3.63) is 45.9 Å². The molecule has 13 heteroatoms. The number of hydrogen-bond acceptors (Lipinski definition) is 5. The second-order valence-electron chi connectivity index (χ2n) is 5.49. The summed E-state index contributed by atoms with van der Waals surface area (Å²) >= 11 is 0. The monoisotopic (exact) mass is 414 g/mol. The van der Waals surface area contributed by atoms with E-state index < -0.39 is 46.7 Å². The molecule has 1 aromatic heterocycles. The largest absolute Gasteiger partial charge is 0.573 e. The van der Waals surface area contributed by atoms with Crippen LogP contribution in [0.2, 0.25) is 0 Å². The van der Waals surface area contributed by atoms with Crippen LogP contribution >= 0.6 is 0 Å². The molecule has 1 aromatic carbocycles. The van der Waals surface area contributed by atoms with Crippen LogP contribution in [0, 0.1) is 6.92 Å². The average Bonchev–Trinajstić information content (AvgIpc) is 2.86. The molecule has 0 saturated heterocycles. The van der Waals surface area contributed by atoms with Crippen LogP contribution in [0.25, 0.3) is 5.69 Å². The second kappa shape index (κ2) is 6.89. The number of H-pyrrole nitrogens is 1. The molecular weight excluding hydrogens is 402 g/mol. The van der Waals surface area contributed by atoms with Crippen molar-refractivity contribution >= 4 is 5.97 Å². The Morgan fingerprint density at radius 2 is 1.64 bits per heavy atom. The van der Waals surface area contributed by atoms with Crippen molar-refractivity contribution in [3.63, 3.8) is 0 Å².